The number of rotatable bonds is 3. The maximum Gasteiger partial charge on any atom is 0.234 e. The highest BCUT2D eigenvalue weighted by Crippen LogP contribution is 2.09. The molecule has 0 heterocycles. The molecule has 0 saturated carbocycles. The Labute approximate surface area is 90.6 Å². The van der Waals surface area contributed by atoms with Crippen molar-refractivity contribution in [3.63, 3.8) is 0 Å². The summed E-state index contributed by atoms with van der Waals surface area (Å²) in [5.41, 5.74) is 5.46. The Hall–Kier alpha value is -1.56. The number of hydrogen-bond donors (Lipinski definition) is 3. The summed E-state index contributed by atoms with van der Waals surface area (Å²) in [4.78, 5) is 11.2. The van der Waals surface area contributed by atoms with Crippen molar-refractivity contribution in [2.45, 2.75) is 0 Å². The van der Waals surface area contributed by atoms with Crippen molar-refractivity contribution in [2.24, 2.45) is 5.73 Å². The number of carbonyl (C=O) groups excluding carboxylic acids is 1. The van der Waals surface area contributed by atoms with Crippen LogP contribution in [0.4, 0.5) is 10.1 Å². The van der Waals surface area contributed by atoms with Crippen LogP contribution in [-0.4, -0.2) is 16.8 Å². The molecule has 0 aliphatic carbocycles. The lowest BCUT2D eigenvalue weighted by molar-refractivity contribution is -0.113. The van der Waals surface area contributed by atoms with E-state index in [1.165, 1.54) is 18.2 Å². The van der Waals surface area contributed by atoms with Gasteiger partial charge in [-0.15, -0.1) is 0 Å². The van der Waals surface area contributed by atoms with Crippen molar-refractivity contribution in [3.8, 4) is 0 Å². The highest BCUT2D eigenvalue weighted by Gasteiger charge is 2.03. The van der Waals surface area contributed by atoms with E-state index in [9.17, 15) is 9.18 Å². The maximum atomic E-state index is 12.7. The number of hydrogen-bond acceptors (Lipinski definition) is 3. The third kappa shape index (κ3) is 4.46. The van der Waals surface area contributed by atoms with E-state index < -0.39 is 5.82 Å². The second-order valence-electron chi connectivity index (χ2n) is 2.71. The predicted molar refractivity (Wildman–Crippen MR) is 59.4 cm³/mol. The van der Waals surface area contributed by atoms with Crippen LogP contribution >= 0.6 is 11.8 Å². The Morgan fingerprint density at radius 3 is 2.93 bits per heavy atom. The fourth-order valence-corrected chi connectivity index (χ4v) is 1.27. The molecule has 15 heavy (non-hydrogen) atoms. The van der Waals surface area contributed by atoms with Gasteiger partial charge in [-0.05, 0) is 18.2 Å². The highest BCUT2D eigenvalue weighted by atomic mass is 32.2. The predicted octanol–water partition coefficient (Wildman–Crippen LogP) is 1.39. The number of amides is 1. The summed E-state index contributed by atoms with van der Waals surface area (Å²) in [7, 11) is 0. The van der Waals surface area contributed by atoms with E-state index in [0.29, 0.717) is 5.69 Å². The number of carbonyl (C=O) groups is 1. The van der Waals surface area contributed by atoms with Gasteiger partial charge in [0.15, 0.2) is 5.17 Å². The molecule has 1 aromatic rings. The summed E-state index contributed by atoms with van der Waals surface area (Å²) >= 11 is 0.918. The first-order chi connectivity index (χ1) is 7.08. The van der Waals surface area contributed by atoms with Gasteiger partial charge in [0.25, 0.3) is 0 Å². The van der Waals surface area contributed by atoms with E-state index >= 15 is 0 Å². The number of amidine groups is 1. The summed E-state index contributed by atoms with van der Waals surface area (Å²) in [6, 6.07) is 5.60. The number of nitrogens with two attached hydrogens (primary N) is 1. The van der Waals surface area contributed by atoms with Crippen molar-refractivity contribution < 1.29 is 9.18 Å². The molecule has 0 radical (unpaired) electrons. The van der Waals surface area contributed by atoms with Gasteiger partial charge in [-0.1, -0.05) is 17.8 Å². The van der Waals surface area contributed by atoms with Crippen LogP contribution in [0.2, 0.25) is 0 Å². The van der Waals surface area contributed by atoms with Crippen molar-refractivity contribution >= 4 is 28.5 Å². The van der Waals surface area contributed by atoms with E-state index in [2.05, 4.69) is 5.32 Å². The Bertz CT molecular complexity index is 383. The van der Waals surface area contributed by atoms with Gasteiger partial charge >= 0.3 is 0 Å². The van der Waals surface area contributed by atoms with E-state index in [1.807, 2.05) is 0 Å². The first-order valence-corrected chi connectivity index (χ1v) is 5.09. The van der Waals surface area contributed by atoms with Gasteiger partial charge in [0, 0.05) is 5.69 Å². The zero-order chi connectivity index (χ0) is 11.3. The fourth-order valence-electron chi connectivity index (χ4n) is 0.907. The molecule has 0 aromatic heterocycles. The third-order valence-corrected chi connectivity index (χ3v) is 2.18. The number of thioether (sulfide) groups is 1. The van der Waals surface area contributed by atoms with Crippen molar-refractivity contribution in [2.75, 3.05) is 11.1 Å². The molecule has 0 unspecified atom stereocenters. The largest absolute Gasteiger partial charge is 0.379 e. The molecular weight excluding hydrogens is 217 g/mol. The molecule has 0 spiro atoms. The van der Waals surface area contributed by atoms with Crippen LogP contribution in [0, 0.1) is 11.2 Å². The lowest BCUT2D eigenvalue weighted by Crippen LogP contribution is -2.17. The normalized spacial score (nSPS) is 9.67. The summed E-state index contributed by atoms with van der Waals surface area (Å²) in [5.74, 6) is -0.681. The number of nitrogens with one attached hydrogen (secondary N) is 2. The molecule has 80 valence electrons. The first kappa shape index (κ1) is 11.5. The Morgan fingerprint density at radius 1 is 1.60 bits per heavy atom. The Kier molecular flexibility index (Phi) is 4.11. The SMILES string of the molecule is N=C(N)SCC(=O)Nc1cccc(F)c1. The number of benzene rings is 1. The van der Waals surface area contributed by atoms with Crippen LogP contribution in [-0.2, 0) is 4.79 Å². The zero-order valence-electron chi connectivity index (χ0n) is 7.79. The van der Waals surface area contributed by atoms with Gasteiger partial charge in [-0.3, -0.25) is 10.2 Å². The molecule has 0 atom stereocenters. The second-order valence-corrected chi connectivity index (χ2v) is 3.73. The van der Waals surface area contributed by atoms with Crippen LogP contribution in [0.5, 0.6) is 0 Å². The summed E-state index contributed by atoms with van der Waals surface area (Å²) in [6.07, 6.45) is 0. The van der Waals surface area contributed by atoms with Crippen LogP contribution in [0.15, 0.2) is 24.3 Å². The van der Waals surface area contributed by atoms with Crippen molar-refractivity contribution in [3.05, 3.63) is 30.1 Å². The highest BCUT2D eigenvalue weighted by molar-refractivity contribution is 8.14. The molecule has 1 rings (SSSR count). The Balaban J connectivity index is 2.48. The molecule has 4 N–H and O–H groups in total. The molecule has 0 bridgehead atoms. The summed E-state index contributed by atoms with van der Waals surface area (Å²) in [6.45, 7) is 0. The minimum Gasteiger partial charge on any atom is -0.379 e. The molecule has 1 aromatic carbocycles. The van der Waals surface area contributed by atoms with Gasteiger partial charge in [0.2, 0.25) is 5.91 Å². The number of anilines is 1. The fraction of sp³-hybridized carbons (Fsp3) is 0.111. The second kappa shape index (κ2) is 5.35. The first-order valence-electron chi connectivity index (χ1n) is 4.10. The lowest BCUT2D eigenvalue weighted by Gasteiger charge is -2.03. The molecule has 0 aliphatic rings. The zero-order valence-corrected chi connectivity index (χ0v) is 8.60. The van der Waals surface area contributed by atoms with Crippen LogP contribution < -0.4 is 11.1 Å². The summed E-state index contributed by atoms with van der Waals surface area (Å²) in [5, 5.41) is 9.27. The monoisotopic (exact) mass is 227 g/mol. The summed E-state index contributed by atoms with van der Waals surface area (Å²) < 4.78 is 12.7. The maximum absolute atomic E-state index is 12.7. The average Bonchev–Trinajstić information content (AvgIpc) is 2.15. The quantitative estimate of drug-likeness (QED) is 0.539. The molecule has 0 saturated heterocycles. The lowest BCUT2D eigenvalue weighted by atomic mass is 10.3. The van der Waals surface area contributed by atoms with E-state index in [-0.39, 0.29) is 16.8 Å². The minimum absolute atomic E-state index is 0.0475. The van der Waals surface area contributed by atoms with Gasteiger partial charge < -0.3 is 11.1 Å². The standard InChI is InChI=1S/C9H10FN3OS/c10-6-2-1-3-7(4-6)13-8(14)5-15-9(11)12/h1-4H,5H2,(H3,11,12)(H,13,14). The molecule has 0 aliphatic heterocycles. The Morgan fingerprint density at radius 2 is 2.33 bits per heavy atom. The number of halogens is 1. The van der Waals surface area contributed by atoms with E-state index in [1.54, 1.807) is 6.07 Å². The molecule has 1 amide bonds. The van der Waals surface area contributed by atoms with Crippen LogP contribution in [0.25, 0.3) is 0 Å². The van der Waals surface area contributed by atoms with Crippen molar-refractivity contribution in [1.29, 1.82) is 5.41 Å². The topological polar surface area (TPSA) is 79.0 Å². The molecular formula is C9H10FN3OS. The third-order valence-electron chi connectivity index (χ3n) is 1.47. The van der Waals surface area contributed by atoms with Gasteiger partial charge in [-0.25, -0.2) is 4.39 Å². The van der Waals surface area contributed by atoms with Gasteiger partial charge in [0.1, 0.15) is 5.82 Å². The van der Waals surface area contributed by atoms with Crippen molar-refractivity contribution in [1.82, 2.24) is 0 Å². The molecule has 4 nitrogen and oxygen atoms in total. The van der Waals surface area contributed by atoms with Gasteiger partial charge in [-0.2, -0.15) is 0 Å². The minimum atomic E-state index is -0.410. The van der Waals surface area contributed by atoms with Gasteiger partial charge in [0.05, 0.1) is 5.75 Å². The molecule has 0 fully saturated rings. The molecule has 6 heteroatoms. The van der Waals surface area contributed by atoms with Crippen LogP contribution in [0.1, 0.15) is 0 Å². The van der Waals surface area contributed by atoms with Crippen LogP contribution in [0.3, 0.4) is 0 Å². The smallest absolute Gasteiger partial charge is 0.234 e. The average molecular weight is 227 g/mol. The van der Waals surface area contributed by atoms with E-state index in [4.69, 9.17) is 11.1 Å². The van der Waals surface area contributed by atoms with E-state index in [0.717, 1.165) is 11.8 Å².